The van der Waals surface area contributed by atoms with Gasteiger partial charge in [-0.05, 0) is 60.9 Å². The lowest BCUT2D eigenvalue weighted by Crippen LogP contribution is -2.40. The Kier molecular flexibility index (Phi) is 6.76. The van der Waals surface area contributed by atoms with E-state index in [-0.39, 0.29) is 17.3 Å². The highest BCUT2D eigenvalue weighted by Crippen LogP contribution is 2.30. The number of carbonyl (C=O) groups is 1. The first-order valence-electron chi connectivity index (χ1n) is 10.6. The zero-order chi connectivity index (χ0) is 23.6. The summed E-state index contributed by atoms with van der Waals surface area (Å²) in [7, 11) is -6.96. The second-order valence-electron chi connectivity index (χ2n) is 7.98. The topological polar surface area (TPSA) is 110 Å². The summed E-state index contributed by atoms with van der Waals surface area (Å²) in [5.41, 5.74) is 1.86. The number of sulfonamides is 2. The van der Waals surface area contributed by atoms with E-state index < -0.39 is 20.0 Å². The number of morpholine rings is 1. The molecular weight excluding hydrogens is 468 g/mol. The number of ether oxygens (including phenoxy) is 2. The number of aryl methyl sites for hydroxylation is 1. The van der Waals surface area contributed by atoms with Gasteiger partial charge in [0.05, 0.1) is 30.1 Å². The number of benzene rings is 2. The minimum Gasteiger partial charge on any atom is -0.485 e. The van der Waals surface area contributed by atoms with Crippen LogP contribution in [0.25, 0.3) is 0 Å². The highest BCUT2D eigenvalue weighted by molar-refractivity contribution is 7.92. The van der Waals surface area contributed by atoms with Crippen molar-refractivity contribution in [1.29, 1.82) is 0 Å². The van der Waals surface area contributed by atoms with Crippen LogP contribution in [0.4, 0.5) is 5.69 Å². The van der Waals surface area contributed by atoms with Gasteiger partial charge in [0, 0.05) is 25.2 Å². The van der Waals surface area contributed by atoms with E-state index in [1.165, 1.54) is 39.1 Å². The van der Waals surface area contributed by atoms with Gasteiger partial charge in [-0.15, -0.1) is 0 Å². The Morgan fingerprint density at radius 1 is 1.00 bits per heavy atom. The first-order chi connectivity index (χ1) is 15.7. The Morgan fingerprint density at radius 3 is 2.36 bits per heavy atom. The Labute approximate surface area is 194 Å². The number of rotatable bonds is 7. The molecule has 0 unspecified atom stereocenters. The van der Waals surface area contributed by atoms with E-state index in [9.17, 15) is 21.6 Å². The molecule has 11 heteroatoms. The lowest BCUT2D eigenvalue weighted by molar-refractivity contribution is 0.0730. The van der Waals surface area contributed by atoms with Gasteiger partial charge in [0.1, 0.15) is 5.75 Å². The van der Waals surface area contributed by atoms with Crippen LogP contribution in [0.15, 0.2) is 47.4 Å². The summed E-state index contributed by atoms with van der Waals surface area (Å²) in [6.45, 7) is 1.59. The standard InChI is InChI=1S/C22H26N2O7S2/c1-32(26,27)24-10-2-3-17-15-18(4-9-21(17)24)22(25)16-31-19-5-7-20(8-6-19)33(28,29)23-11-13-30-14-12-23/h4-9,15H,2-3,10-14,16H2,1H3. The molecule has 1 saturated heterocycles. The smallest absolute Gasteiger partial charge is 0.243 e. The molecule has 9 nitrogen and oxygen atoms in total. The van der Waals surface area contributed by atoms with Gasteiger partial charge in [0.25, 0.3) is 0 Å². The average molecular weight is 495 g/mol. The number of fused-ring (bicyclic) bond motifs is 1. The molecule has 0 aliphatic carbocycles. The zero-order valence-corrected chi connectivity index (χ0v) is 19.9. The van der Waals surface area contributed by atoms with Crippen LogP contribution in [0.5, 0.6) is 5.75 Å². The van der Waals surface area contributed by atoms with Crippen molar-refractivity contribution in [3.8, 4) is 5.75 Å². The predicted octanol–water partition coefficient (Wildman–Crippen LogP) is 1.68. The SMILES string of the molecule is CS(=O)(=O)N1CCCc2cc(C(=O)COc3ccc(S(=O)(=O)N4CCOCC4)cc3)ccc21. The third-order valence-electron chi connectivity index (χ3n) is 5.68. The summed E-state index contributed by atoms with van der Waals surface area (Å²) >= 11 is 0. The van der Waals surface area contributed by atoms with Crippen molar-refractivity contribution < 1.29 is 31.1 Å². The van der Waals surface area contributed by atoms with Crippen molar-refractivity contribution in [3.05, 3.63) is 53.6 Å². The Balaban J connectivity index is 1.41. The first-order valence-corrected chi connectivity index (χ1v) is 13.9. The number of Topliss-reactive ketones (excluding diaryl/α,β-unsaturated/α-hetero) is 1. The van der Waals surface area contributed by atoms with E-state index in [0.717, 1.165) is 5.56 Å². The second kappa shape index (κ2) is 9.41. The molecule has 0 atom stereocenters. The highest BCUT2D eigenvalue weighted by Gasteiger charge is 2.27. The molecule has 33 heavy (non-hydrogen) atoms. The third-order valence-corrected chi connectivity index (χ3v) is 8.77. The summed E-state index contributed by atoms with van der Waals surface area (Å²) in [5.74, 6) is 0.129. The van der Waals surface area contributed by atoms with Crippen molar-refractivity contribution >= 4 is 31.5 Å². The van der Waals surface area contributed by atoms with Crippen LogP contribution in [0.1, 0.15) is 22.3 Å². The Hall–Kier alpha value is -2.47. The fourth-order valence-electron chi connectivity index (χ4n) is 3.96. The largest absolute Gasteiger partial charge is 0.485 e. The molecule has 0 bridgehead atoms. The van der Waals surface area contributed by atoms with E-state index in [2.05, 4.69) is 0 Å². The molecule has 0 spiro atoms. The van der Waals surface area contributed by atoms with Gasteiger partial charge in [0.2, 0.25) is 20.0 Å². The second-order valence-corrected chi connectivity index (χ2v) is 11.8. The van der Waals surface area contributed by atoms with Gasteiger partial charge in [0.15, 0.2) is 12.4 Å². The predicted molar refractivity (Wildman–Crippen MR) is 123 cm³/mol. The molecule has 1 fully saturated rings. The number of ketones is 1. The molecule has 2 aromatic carbocycles. The Bertz CT molecular complexity index is 1240. The van der Waals surface area contributed by atoms with E-state index >= 15 is 0 Å². The maximum absolute atomic E-state index is 12.7. The third kappa shape index (κ3) is 5.21. The molecule has 2 aromatic rings. The monoisotopic (exact) mass is 494 g/mol. The van der Waals surface area contributed by atoms with Crippen molar-refractivity contribution in [2.24, 2.45) is 0 Å². The number of nitrogens with zero attached hydrogens (tertiary/aromatic N) is 2. The molecular formula is C22H26N2O7S2. The molecule has 178 valence electrons. The quantitative estimate of drug-likeness (QED) is 0.539. The summed E-state index contributed by atoms with van der Waals surface area (Å²) in [6.07, 6.45) is 2.56. The average Bonchev–Trinajstić information content (AvgIpc) is 2.82. The number of carbonyl (C=O) groups excluding carboxylic acids is 1. The van der Waals surface area contributed by atoms with Crippen LogP contribution in [0, 0.1) is 0 Å². The molecule has 2 aliphatic rings. The van der Waals surface area contributed by atoms with Crippen molar-refractivity contribution in [2.45, 2.75) is 17.7 Å². The lowest BCUT2D eigenvalue weighted by atomic mass is 9.99. The van der Waals surface area contributed by atoms with E-state index in [4.69, 9.17) is 9.47 Å². The zero-order valence-electron chi connectivity index (χ0n) is 18.3. The number of anilines is 1. The molecule has 0 radical (unpaired) electrons. The van der Waals surface area contributed by atoms with Gasteiger partial charge in [-0.1, -0.05) is 0 Å². The van der Waals surface area contributed by atoms with Crippen LogP contribution < -0.4 is 9.04 Å². The molecule has 0 N–H and O–H groups in total. The fourth-order valence-corrected chi connectivity index (χ4v) is 6.36. The molecule has 2 heterocycles. The van der Waals surface area contributed by atoms with E-state index in [0.29, 0.717) is 62.7 Å². The van der Waals surface area contributed by atoms with Crippen LogP contribution >= 0.6 is 0 Å². The van der Waals surface area contributed by atoms with E-state index in [1.54, 1.807) is 18.2 Å². The number of hydrogen-bond donors (Lipinski definition) is 0. The summed E-state index contributed by atoms with van der Waals surface area (Å²) in [4.78, 5) is 12.8. The van der Waals surface area contributed by atoms with Crippen molar-refractivity contribution in [2.75, 3.05) is 50.0 Å². The van der Waals surface area contributed by atoms with Crippen molar-refractivity contribution in [3.63, 3.8) is 0 Å². The summed E-state index contributed by atoms with van der Waals surface area (Å²) < 4.78 is 62.9. The minimum absolute atomic E-state index is 0.160. The first kappa shape index (κ1) is 23.7. The Morgan fingerprint density at radius 2 is 1.70 bits per heavy atom. The number of hydrogen-bond acceptors (Lipinski definition) is 7. The van der Waals surface area contributed by atoms with Gasteiger partial charge in [-0.2, -0.15) is 4.31 Å². The van der Waals surface area contributed by atoms with Gasteiger partial charge in [-0.25, -0.2) is 16.8 Å². The van der Waals surface area contributed by atoms with E-state index in [1.807, 2.05) is 0 Å². The minimum atomic E-state index is -3.59. The molecule has 0 amide bonds. The van der Waals surface area contributed by atoms with Crippen molar-refractivity contribution in [1.82, 2.24) is 4.31 Å². The van der Waals surface area contributed by atoms with Gasteiger partial charge in [-0.3, -0.25) is 9.10 Å². The highest BCUT2D eigenvalue weighted by atomic mass is 32.2. The summed E-state index contributed by atoms with van der Waals surface area (Å²) in [5, 5.41) is 0. The normalized spacial score (nSPS) is 17.4. The van der Waals surface area contributed by atoms with Crippen LogP contribution in [0.3, 0.4) is 0 Å². The maximum Gasteiger partial charge on any atom is 0.243 e. The molecule has 4 rings (SSSR count). The van der Waals surface area contributed by atoms with Gasteiger partial charge < -0.3 is 9.47 Å². The summed E-state index contributed by atoms with van der Waals surface area (Å²) in [6, 6.07) is 11.0. The van der Waals surface area contributed by atoms with Crippen LogP contribution in [-0.2, 0) is 31.2 Å². The van der Waals surface area contributed by atoms with Crippen LogP contribution in [0.2, 0.25) is 0 Å². The van der Waals surface area contributed by atoms with Crippen LogP contribution in [-0.4, -0.2) is 72.6 Å². The molecule has 2 aliphatic heterocycles. The fraction of sp³-hybridized carbons (Fsp3) is 0.409. The van der Waals surface area contributed by atoms with Gasteiger partial charge >= 0.3 is 0 Å². The maximum atomic E-state index is 12.7. The molecule has 0 aromatic heterocycles. The molecule has 0 saturated carbocycles. The lowest BCUT2D eigenvalue weighted by Gasteiger charge is -2.29.